The molecule has 170 valence electrons. The summed E-state index contributed by atoms with van der Waals surface area (Å²) in [6, 6.07) is 11.7. The van der Waals surface area contributed by atoms with Crippen LogP contribution in [0.15, 0.2) is 52.4 Å². The monoisotopic (exact) mass is 491 g/mol. The Balaban J connectivity index is 1.60. The Kier molecular flexibility index (Phi) is 6.86. The first-order chi connectivity index (χ1) is 15.3. The van der Waals surface area contributed by atoms with E-state index in [1.807, 2.05) is 30.7 Å². The summed E-state index contributed by atoms with van der Waals surface area (Å²) in [7, 11) is -1.76. The summed E-state index contributed by atoms with van der Waals surface area (Å²) < 4.78 is 30.8. The lowest BCUT2D eigenvalue weighted by Crippen LogP contribution is -2.41. The molecule has 1 amide bonds. The maximum atomic E-state index is 13.2. The molecule has 1 fully saturated rings. The summed E-state index contributed by atoms with van der Waals surface area (Å²) in [5, 5.41) is 0.628. The average molecular weight is 492 g/mol. The lowest BCUT2D eigenvalue weighted by atomic mass is 9.95. The second kappa shape index (κ2) is 9.47. The number of sulfonamides is 1. The van der Waals surface area contributed by atoms with Gasteiger partial charge in [0, 0.05) is 30.2 Å². The zero-order valence-electron chi connectivity index (χ0n) is 18.1. The van der Waals surface area contributed by atoms with Crippen molar-refractivity contribution in [3.05, 3.63) is 57.9 Å². The van der Waals surface area contributed by atoms with Crippen molar-refractivity contribution in [3.8, 4) is 0 Å². The number of carbonyl (C=O) groups is 1. The SMILES string of the molecule is CCN(C1CCCCC1)S(=O)(=O)c1ccc(C(=O)N=c2sc3cc(Cl)ccc3n2C)cc1. The van der Waals surface area contributed by atoms with Crippen LogP contribution in [0.3, 0.4) is 0 Å². The summed E-state index contributed by atoms with van der Waals surface area (Å²) >= 11 is 7.44. The third-order valence-electron chi connectivity index (χ3n) is 5.97. The van der Waals surface area contributed by atoms with Crippen LogP contribution in [-0.4, -0.2) is 35.8 Å². The van der Waals surface area contributed by atoms with Crippen LogP contribution in [0.4, 0.5) is 0 Å². The molecule has 2 aromatic carbocycles. The molecule has 0 unspecified atom stereocenters. The van der Waals surface area contributed by atoms with Gasteiger partial charge in [-0.2, -0.15) is 9.30 Å². The molecule has 1 saturated carbocycles. The lowest BCUT2D eigenvalue weighted by molar-refractivity contribution is 0.0998. The van der Waals surface area contributed by atoms with E-state index in [2.05, 4.69) is 4.99 Å². The van der Waals surface area contributed by atoms with Crippen molar-refractivity contribution in [1.29, 1.82) is 0 Å². The molecule has 3 aromatic rings. The Morgan fingerprint density at radius 3 is 2.50 bits per heavy atom. The van der Waals surface area contributed by atoms with E-state index >= 15 is 0 Å². The highest BCUT2D eigenvalue weighted by molar-refractivity contribution is 7.89. The quantitative estimate of drug-likeness (QED) is 0.505. The van der Waals surface area contributed by atoms with Gasteiger partial charge in [-0.05, 0) is 55.3 Å². The van der Waals surface area contributed by atoms with Gasteiger partial charge in [0.2, 0.25) is 10.0 Å². The predicted octanol–water partition coefficient (Wildman–Crippen LogP) is 4.98. The highest BCUT2D eigenvalue weighted by Gasteiger charge is 2.31. The molecule has 32 heavy (non-hydrogen) atoms. The average Bonchev–Trinajstić information content (AvgIpc) is 3.09. The van der Waals surface area contributed by atoms with E-state index in [0.717, 1.165) is 35.9 Å². The number of carbonyl (C=O) groups excluding carboxylic acids is 1. The van der Waals surface area contributed by atoms with E-state index in [4.69, 9.17) is 11.6 Å². The Morgan fingerprint density at radius 1 is 1.16 bits per heavy atom. The summed E-state index contributed by atoms with van der Waals surface area (Å²) in [5.41, 5.74) is 1.29. The number of halogens is 1. The van der Waals surface area contributed by atoms with Crippen molar-refractivity contribution in [1.82, 2.24) is 8.87 Å². The van der Waals surface area contributed by atoms with Crippen molar-refractivity contribution < 1.29 is 13.2 Å². The number of hydrogen-bond acceptors (Lipinski definition) is 4. The van der Waals surface area contributed by atoms with Crippen LogP contribution < -0.4 is 4.80 Å². The van der Waals surface area contributed by atoms with Gasteiger partial charge >= 0.3 is 0 Å². The Labute approximate surface area is 197 Å². The van der Waals surface area contributed by atoms with Gasteiger partial charge in [-0.15, -0.1) is 0 Å². The molecule has 0 N–H and O–H groups in total. The number of amides is 1. The van der Waals surface area contributed by atoms with Gasteiger partial charge in [-0.1, -0.05) is 49.1 Å². The van der Waals surface area contributed by atoms with Gasteiger partial charge in [0.15, 0.2) is 4.80 Å². The number of aryl methyl sites for hydroxylation is 1. The number of aromatic nitrogens is 1. The molecule has 1 aromatic heterocycles. The third-order valence-corrected chi connectivity index (χ3v) is 9.34. The molecule has 0 spiro atoms. The zero-order chi connectivity index (χ0) is 22.9. The van der Waals surface area contributed by atoms with E-state index < -0.39 is 15.9 Å². The number of thiazole rings is 1. The molecular weight excluding hydrogens is 466 g/mol. The van der Waals surface area contributed by atoms with Gasteiger partial charge in [-0.25, -0.2) is 8.42 Å². The summed E-state index contributed by atoms with van der Waals surface area (Å²) in [6.45, 7) is 2.32. The highest BCUT2D eigenvalue weighted by atomic mass is 35.5. The van der Waals surface area contributed by atoms with E-state index in [1.165, 1.54) is 42.0 Å². The molecular formula is C23H26ClN3O3S2. The molecule has 1 heterocycles. The van der Waals surface area contributed by atoms with Crippen molar-refractivity contribution in [2.75, 3.05) is 6.54 Å². The Morgan fingerprint density at radius 2 is 1.84 bits per heavy atom. The van der Waals surface area contributed by atoms with Gasteiger partial charge in [0.1, 0.15) is 0 Å². The fraction of sp³-hybridized carbons (Fsp3) is 0.391. The first-order valence-electron chi connectivity index (χ1n) is 10.8. The summed E-state index contributed by atoms with van der Waals surface area (Å²) in [5.74, 6) is -0.415. The van der Waals surface area contributed by atoms with Crippen molar-refractivity contribution in [2.45, 2.75) is 50.0 Å². The molecule has 0 aliphatic heterocycles. The minimum atomic E-state index is -3.60. The second-order valence-corrected chi connectivity index (χ2v) is 11.3. The standard InChI is InChI=1S/C23H26ClN3O3S2/c1-3-27(18-7-5-4-6-8-18)32(29,30)19-12-9-16(10-13-19)22(28)25-23-26(2)20-14-11-17(24)15-21(20)31-23/h9-15,18H,3-8H2,1-2H3. The lowest BCUT2D eigenvalue weighted by Gasteiger charge is -2.32. The normalized spacial score (nSPS) is 16.2. The van der Waals surface area contributed by atoms with Gasteiger partial charge in [0.05, 0.1) is 15.1 Å². The summed E-state index contributed by atoms with van der Waals surface area (Å²) in [6.07, 6.45) is 5.10. The van der Waals surface area contributed by atoms with E-state index in [1.54, 1.807) is 10.4 Å². The number of nitrogens with zero attached hydrogens (tertiary/aromatic N) is 3. The maximum Gasteiger partial charge on any atom is 0.279 e. The van der Waals surface area contributed by atoms with Crippen LogP contribution in [-0.2, 0) is 17.1 Å². The van der Waals surface area contributed by atoms with Gasteiger partial charge in [0.25, 0.3) is 5.91 Å². The topological polar surface area (TPSA) is 71.7 Å². The zero-order valence-corrected chi connectivity index (χ0v) is 20.5. The van der Waals surface area contributed by atoms with E-state index in [-0.39, 0.29) is 10.9 Å². The fourth-order valence-corrected chi connectivity index (χ4v) is 7.25. The van der Waals surface area contributed by atoms with Gasteiger partial charge < -0.3 is 4.57 Å². The summed E-state index contributed by atoms with van der Waals surface area (Å²) in [4.78, 5) is 17.8. The van der Waals surface area contributed by atoms with E-state index in [9.17, 15) is 13.2 Å². The number of fused-ring (bicyclic) bond motifs is 1. The molecule has 9 heteroatoms. The second-order valence-electron chi connectivity index (χ2n) is 8.00. The predicted molar refractivity (Wildman–Crippen MR) is 129 cm³/mol. The van der Waals surface area contributed by atoms with Gasteiger partial charge in [-0.3, -0.25) is 4.79 Å². The Bertz CT molecular complexity index is 1300. The fourth-order valence-electron chi connectivity index (χ4n) is 4.26. The van der Waals surface area contributed by atoms with Crippen LogP contribution in [0, 0.1) is 0 Å². The number of hydrogen-bond donors (Lipinski definition) is 0. The number of rotatable bonds is 5. The number of benzene rings is 2. The van der Waals surface area contributed by atoms with E-state index in [0.29, 0.717) is 21.9 Å². The smallest absolute Gasteiger partial charge is 0.279 e. The van der Waals surface area contributed by atoms with Crippen LogP contribution in [0.5, 0.6) is 0 Å². The molecule has 0 saturated heterocycles. The minimum Gasteiger partial charge on any atom is -0.319 e. The first kappa shape index (κ1) is 23.2. The highest BCUT2D eigenvalue weighted by Crippen LogP contribution is 2.28. The molecule has 0 atom stereocenters. The molecule has 6 nitrogen and oxygen atoms in total. The van der Waals surface area contributed by atoms with Crippen molar-refractivity contribution in [3.63, 3.8) is 0 Å². The van der Waals surface area contributed by atoms with Crippen LogP contribution in [0.1, 0.15) is 49.4 Å². The van der Waals surface area contributed by atoms with Crippen LogP contribution >= 0.6 is 22.9 Å². The molecule has 1 aliphatic carbocycles. The largest absolute Gasteiger partial charge is 0.319 e. The molecule has 1 aliphatic rings. The van der Waals surface area contributed by atoms with Crippen molar-refractivity contribution >= 4 is 49.1 Å². The maximum absolute atomic E-state index is 13.2. The minimum absolute atomic E-state index is 0.0523. The Hall–Kier alpha value is -2.00. The molecule has 0 radical (unpaired) electrons. The molecule has 0 bridgehead atoms. The van der Waals surface area contributed by atoms with Crippen LogP contribution in [0.2, 0.25) is 5.02 Å². The van der Waals surface area contributed by atoms with Crippen molar-refractivity contribution in [2.24, 2.45) is 12.0 Å². The third kappa shape index (κ3) is 4.55. The van der Waals surface area contributed by atoms with Crippen LogP contribution in [0.25, 0.3) is 10.2 Å². The molecule has 4 rings (SSSR count). The first-order valence-corrected chi connectivity index (χ1v) is 13.4.